The molecule has 6 heteroatoms. The zero-order valence-corrected chi connectivity index (χ0v) is 13.9. The first-order chi connectivity index (χ1) is 11.6. The van der Waals surface area contributed by atoms with Gasteiger partial charge in [-0.3, -0.25) is 0 Å². The Balaban J connectivity index is 1.57. The molecular weight excluding hydrogens is 328 g/mol. The molecule has 3 rings (SSSR count). The second-order valence-electron chi connectivity index (χ2n) is 5.76. The van der Waals surface area contributed by atoms with Crippen LogP contribution in [0.3, 0.4) is 0 Å². The number of rotatable bonds is 4. The largest absolute Gasteiger partial charge is 0.489 e. The minimum absolute atomic E-state index is 0.207. The molecule has 5 nitrogen and oxygen atoms in total. The number of nitrogens with one attached hydrogen (secondary N) is 1. The number of hydrogen-bond acceptors (Lipinski definition) is 3. The van der Waals surface area contributed by atoms with Gasteiger partial charge in [0, 0.05) is 29.9 Å². The van der Waals surface area contributed by atoms with Gasteiger partial charge in [-0.1, -0.05) is 29.8 Å². The summed E-state index contributed by atoms with van der Waals surface area (Å²) in [4.78, 5) is 13.7. The van der Waals surface area contributed by atoms with Crippen molar-refractivity contribution in [1.82, 2.24) is 4.90 Å². The summed E-state index contributed by atoms with van der Waals surface area (Å²) in [6.07, 6.45) is 0.197. The lowest BCUT2D eigenvalue weighted by Crippen LogP contribution is -2.33. The van der Waals surface area contributed by atoms with E-state index < -0.39 is 6.10 Å². The molecule has 126 valence electrons. The first-order valence-corrected chi connectivity index (χ1v) is 8.19. The SMILES string of the molecule is O=C(Nc1cccc(OCc2ccc(Cl)cc2)c1)N1CC[C@H](O)C1. The molecule has 2 N–H and O–H groups in total. The molecule has 0 aromatic heterocycles. The Labute approximate surface area is 145 Å². The molecule has 2 amide bonds. The monoisotopic (exact) mass is 346 g/mol. The maximum absolute atomic E-state index is 12.1. The van der Waals surface area contributed by atoms with E-state index >= 15 is 0 Å². The number of urea groups is 1. The summed E-state index contributed by atoms with van der Waals surface area (Å²) in [7, 11) is 0. The number of aliphatic hydroxyl groups excluding tert-OH is 1. The van der Waals surface area contributed by atoms with Crippen LogP contribution >= 0.6 is 11.6 Å². The topological polar surface area (TPSA) is 61.8 Å². The molecule has 1 atom stereocenters. The minimum atomic E-state index is -0.426. The van der Waals surface area contributed by atoms with Crippen LogP contribution in [-0.4, -0.2) is 35.2 Å². The number of likely N-dealkylation sites (tertiary alicyclic amines) is 1. The molecule has 0 bridgehead atoms. The Morgan fingerprint density at radius 1 is 1.29 bits per heavy atom. The van der Waals surface area contributed by atoms with Crippen LogP contribution in [0.25, 0.3) is 0 Å². The molecule has 0 aliphatic carbocycles. The molecule has 1 aliphatic rings. The number of halogens is 1. The maximum atomic E-state index is 12.1. The summed E-state index contributed by atoms with van der Waals surface area (Å²) >= 11 is 5.86. The Morgan fingerprint density at radius 3 is 2.79 bits per heavy atom. The van der Waals surface area contributed by atoms with Crippen LogP contribution in [0.2, 0.25) is 5.02 Å². The fourth-order valence-corrected chi connectivity index (χ4v) is 2.67. The maximum Gasteiger partial charge on any atom is 0.321 e. The number of nitrogens with zero attached hydrogens (tertiary/aromatic N) is 1. The van der Waals surface area contributed by atoms with Gasteiger partial charge in [-0.2, -0.15) is 0 Å². The second kappa shape index (κ2) is 7.55. The molecule has 2 aromatic rings. The highest BCUT2D eigenvalue weighted by molar-refractivity contribution is 6.30. The lowest BCUT2D eigenvalue weighted by atomic mass is 10.2. The Bertz CT molecular complexity index is 706. The van der Waals surface area contributed by atoms with E-state index in [1.807, 2.05) is 36.4 Å². The number of ether oxygens (including phenoxy) is 1. The van der Waals surface area contributed by atoms with Crippen LogP contribution in [0.4, 0.5) is 10.5 Å². The normalized spacial score (nSPS) is 16.9. The number of carbonyl (C=O) groups excluding carboxylic acids is 1. The summed E-state index contributed by atoms with van der Waals surface area (Å²) in [6, 6.07) is 14.5. The average molecular weight is 347 g/mol. The van der Waals surface area contributed by atoms with Crippen molar-refractivity contribution < 1.29 is 14.6 Å². The van der Waals surface area contributed by atoms with Gasteiger partial charge in [-0.15, -0.1) is 0 Å². The highest BCUT2D eigenvalue weighted by Gasteiger charge is 2.24. The third kappa shape index (κ3) is 4.40. The van der Waals surface area contributed by atoms with Crippen molar-refractivity contribution in [3.63, 3.8) is 0 Å². The molecule has 0 saturated carbocycles. The van der Waals surface area contributed by atoms with Gasteiger partial charge in [-0.25, -0.2) is 4.79 Å². The number of aliphatic hydroxyl groups is 1. The van der Waals surface area contributed by atoms with Crippen molar-refractivity contribution in [2.45, 2.75) is 19.1 Å². The zero-order chi connectivity index (χ0) is 16.9. The van der Waals surface area contributed by atoms with E-state index in [2.05, 4.69) is 5.32 Å². The van der Waals surface area contributed by atoms with Crippen LogP contribution < -0.4 is 10.1 Å². The molecule has 1 saturated heterocycles. The van der Waals surface area contributed by atoms with Crippen LogP contribution in [0, 0.1) is 0 Å². The average Bonchev–Trinajstić information content (AvgIpc) is 3.01. The number of carbonyl (C=O) groups is 1. The summed E-state index contributed by atoms with van der Waals surface area (Å²) in [5.41, 5.74) is 1.68. The van der Waals surface area contributed by atoms with Crippen molar-refractivity contribution in [1.29, 1.82) is 0 Å². The van der Waals surface area contributed by atoms with E-state index in [1.165, 1.54) is 0 Å². The van der Waals surface area contributed by atoms with Gasteiger partial charge in [-0.05, 0) is 36.2 Å². The van der Waals surface area contributed by atoms with E-state index in [9.17, 15) is 9.90 Å². The summed E-state index contributed by atoms with van der Waals surface area (Å²) < 4.78 is 5.75. The van der Waals surface area contributed by atoms with Crippen molar-refractivity contribution in [2.75, 3.05) is 18.4 Å². The first-order valence-electron chi connectivity index (χ1n) is 7.81. The second-order valence-corrected chi connectivity index (χ2v) is 6.20. The number of hydrogen-bond donors (Lipinski definition) is 2. The Hall–Kier alpha value is -2.24. The lowest BCUT2D eigenvalue weighted by molar-refractivity contribution is 0.176. The molecule has 24 heavy (non-hydrogen) atoms. The van der Waals surface area contributed by atoms with Crippen LogP contribution in [0.15, 0.2) is 48.5 Å². The molecule has 0 radical (unpaired) electrons. The molecule has 2 aromatic carbocycles. The van der Waals surface area contributed by atoms with Gasteiger partial charge in [0.05, 0.1) is 6.10 Å². The molecule has 0 spiro atoms. The van der Waals surface area contributed by atoms with E-state index in [4.69, 9.17) is 16.3 Å². The number of amides is 2. The van der Waals surface area contributed by atoms with Crippen LogP contribution in [-0.2, 0) is 6.61 Å². The van der Waals surface area contributed by atoms with Crippen molar-refractivity contribution in [3.8, 4) is 5.75 Å². The van der Waals surface area contributed by atoms with Gasteiger partial charge in [0.2, 0.25) is 0 Å². The Morgan fingerprint density at radius 2 is 2.08 bits per heavy atom. The van der Waals surface area contributed by atoms with E-state index in [1.54, 1.807) is 17.0 Å². The fraction of sp³-hybridized carbons (Fsp3) is 0.278. The van der Waals surface area contributed by atoms with E-state index in [0.29, 0.717) is 42.6 Å². The highest BCUT2D eigenvalue weighted by Crippen LogP contribution is 2.20. The quantitative estimate of drug-likeness (QED) is 0.890. The first kappa shape index (κ1) is 16.6. The summed E-state index contributed by atoms with van der Waals surface area (Å²) in [6.45, 7) is 1.37. The molecule has 1 heterocycles. The molecule has 0 unspecified atom stereocenters. The van der Waals surface area contributed by atoms with Gasteiger partial charge in [0.15, 0.2) is 0 Å². The predicted molar refractivity (Wildman–Crippen MR) is 93.4 cm³/mol. The Kier molecular flexibility index (Phi) is 5.23. The van der Waals surface area contributed by atoms with Gasteiger partial charge < -0.3 is 20.1 Å². The number of benzene rings is 2. The van der Waals surface area contributed by atoms with Crippen molar-refractivity contribution >= 4 is 23.3 Å². The summed E-state index contributed by atoms with van der Waals surface area (Å²) in [5.74, 6) is 0.671. The van der Waals surface area contributed by atoms with E-state index in [0.717, 1.165) is 5.56 Å². The predicted octanol–water partition coefficient (Wildman–Crippen LogP) is 3.52. The van der Waals surface area contributed by atoms with E-state index in [-0.39, 0.29) is 6.03 Å². The summed E-state index contributed by atoms with van der Waals surface area (Å²) in [5, 5.41) is 13.0. The zero-order valence-electron chi connectivity index (χ0n) is 13.1. The highest BCUT2D eigenvalue weighted by atomic mass is 35.5. The molecular formula is C18H19ClN2O3. The van der Waals surface area contributed by atoms with Crippen LogP contribution in [0.5, 0.6) is 5.75 Å². The minimum Gasteiger partial charge on any atom is -0.489 e. The van der Waals surface area contributed by atoms with Gasteiger partial charge >= 0.3 is 6.03 Å². The standard InChI is InChI=1S/C18H19ClN2O3/c19-14-6-4-13(5-7-14)12-24-17-3-1-2-15(10-17)20-18(23)21-9-8-16(22)11-21/h1-7,10,16,22H,8-9,11-12H2,(H,20,23)/t16-/m0/s1. The van der Waals surface area contributed by atoms with Gasteiger partial charge in [0.1, 0.15) is 12.4 Å². The van der Waals surface area contributed by atoms with Gasteiger partial charge in [0.25, 0.3) is 0 Å². The van der Waals surface area contributed by atoms with Crippen molar-refractivity contribution in [2.24, 2.45) is 0 Å². The molecule has 1 fully saturated rings. The smallest absolute Gasteiger partial charge is 0.321 e. The third-order valence-corrected chi connectivity index (χ3v) is 4.11. The van der Waals surface area contributed by atoms with Crippen molar-refractivity contribution in [3.05, 3.63) is 59.1 Å². The molecule has 1 aliphatic heterocycles. The lowest BCUT2D eigenvalue weighted by Gasteiger charge is -2.17. The number of anilines is 1. The third-order valence-electron chi connectivity index (χ3n) is 3.85. The van der Waals surface area contributed by atoms with Crippen LogP contribution in [0.1, 0.15) is 12.0 Å². The fourth-order valence-electron chi connectivity index (χ4n) is 2.54. The number of β-amino-alcohol motifs (C(OH)–C–C–N with tert-alkyl or cyclic N) is 1.